The molecule has 0 saturated carbocycles. The van der Waals surface area contributed by atoms with E-state index >= 15 is 0 Å². The van der Waals surface area contributed by atoms with E-state index in [4.69, 9.17) is 9.47 Å². The predicted octanol–water partition coefficient (Wildman–Crippen LogP) is 1.56. The fourth-order valence-electron chi connectivity index (χ4n) is 2.17. The lowest BCUT2D eigenvalue weighted by molar-refractivity contribution is 0.0693. The Morgan fingerprint density at radius 1 is 1.19 bits per heavy atom. The van der Waals surface area contributed by atoms with Crippen LogP contribution < -0.4 is 11.0 Å². The molecule has 1 heterocycles. The summed E-state index contributed by atoms with van der Waals surface area (Å²) in [6.45, 7) is 5.00. The smallest absolute Gasteiger partial charge is 0.323 e. The van der Waals surface area contributed by atoms with Gasteiger partial charge in [-0.05, 0) is 37.6 Å². The molecule has 2 rings (SSSR count). The van der Waals surface area contributed by atoms with Crippen LogP contribution in [0.5, 0.6) is 0 Å². The van der Waals surface area contributed by atoms with Crippen molar-refractivity contribution >= 4 is 11.0 Å². The molecule has 1 aromatic carbocycles. The Kier molecular flexibility index (Phi) is 5.98. The number of aromatic nitrogens is 2. The topological polar surface area (TPSA) is 79.1 Å². The third-order valence-corrected chi connectivity index (χ3v) is 3.39. The molecule has 2 aromatic rings. The van der Waals surface area contributed by atoms with Crippen LogP contribution in [0.25, 0.3) is 11.0 Å². The van der Waals surface area contributed by atoms with Crippen molar-refractivity contribution in [2.75, 3.05) is 33.5 Å². The van der Waals surface area contributed by atoms with Gasteiger partial charge < -0.3 is 24.8 Å². The number of aromatic amines is 2. The number of hydrogen-bond donors (Lipinski definition) is 3. The SMILES string of the molecule is COCCOCCCNC(C)c1ccc2[nH]c(=O)[nH]c2c1. The average Bonchev–Trinajstić information content (AvgIpc) is 2.85. The van der Waals surface area contributed by atoms with Gasteiger partial charge in [0, 0.05) is 19.8 Å². The zero-order chi connectivity index (χ0) is 15.1. The van der Waals surface area contributed by atoms with Crippen molar-refractivity contribution in [3.63, 3.8) is 0 Å². The molecule has 0 aliphatic rings. The van der Waals surface area contributed by atoms with Gasteiger partial charge in [0.15, 0.2) is 0 Å². The first-order valence-corrected chi connectivity index (χ1v) is 7.22. The van der Waals surface area contributed by atoms with E-state index in [1.807, 2.05) is 18.2 Å². The van der Waals surface area contributed by atoms with Crippen LogP contribution >= 0.6 is 0 Å². The minimum Gasteiger partial charge on any atom is -0.382 e. The Labute approximate surface area is 123 Å². The van der Waals surface area contributed by atoms with Gasteiger partial charge in [-0.15, -0.1) is 0 Å². The number of H-pyrrole nitrogens is 2. The number of benzene rings is 1. The van der Waals surface area contributed by atoms with Crippen LogP contribution in [0, 0.1) is 0 Å². The van der Waals surface area contributed by atoms with E-state index < -0.39 is 0 Å². The molecule has 0 aliphatic heterocycles. The van der Waals surface area contributed by atoms with Crippen molar-refractivity contribution in [2.45, 2.75) is 19.4 Å². The van der Waals surface area contributed by atoms with Crippen LogP contribution in [-0.2, 0) is 9.47 Å². The highest BCUT2D eigenvalue weighted by Gasteiger charge is 2.06. The van der Waals surface area contributed by atoms with Crippen LogP contribution in [0.1, 0.15) is 24.9 Å². The normalized spacial score (nSPS) is 12.9. The molecule has 0 amide bonds. The summed E-state index contributed by atoms with van der Waals surface area (Å²) in [5.41, 5.74) is 2.66. The molecule has 0 aliphatic carbocycles. The van der Waals surface area contributed by atoms with E-state index in [0.29, 0.717) is 13.2 Å². The van der Waals surface area contributed by atoms with Crippen LogP contribution in [0.2, 0.25) is 0 Å². The van der Waals surface area contributed by atoms with Gasteiger partial charge in [0.05, 0.1) is 24.2 Å². The minimum absolute atomic E-state index is 0.170. The summed E-state index contributed by atoms with van der Waals surface area (Å²) < 4.78 is 10.3. The molecule has 0 radical (unpaired) electrons. The third kappa shape index (κ3) is 4.70. The average molecular weight is 293 g/mol. The first-order chi connectivity index (χ1) is 10.2. The summed E-state index contributed by atoms with van der Waals surface area (Å²) in [5, 5.41) is 3.45. The zero-order valence-corrected chi connectivity index (χ0v) is 12.6. The van der Waals surface area contributed by atoms with Crippen LogP contribution in [0.3, 0.4) is 0 Å². The number of nitrogens with one attached hydrogen (secondary N) is 3. The van der Waals surface area contributed by atoms with Gasteiger partial charge in [-0.1, -0.05) is 6.07 Å². The summed E-state index contributed by atoms with van der Waals surface area (Å²) in [6.07, 6.45) is 0.956. The Balaban J connectivity index is 1.76. The van der Waals surface area contributed by atoms with Gasteiger partial charge in [0.2, 0.25) is 0 Å². The number of hydrogen-bond acceptors (Lipinski definition) is 4. The first-order valence-electron chi connectivity index (χ1n) is 7.22. The fourth-order valence-corrected chi connectivity index (χ4v) is 2.17. The predicted molar refractivity (Wildman–Crippen MR) is 82.6 cm³/mol. The third-order valence-electron chi connectivity index (χ3n) is 3.39. The molecule has 0 spiro atoms. The summed E-state index contributed by atoms with van der Waals surface area (Å²) in [7, 11) is 1.67. The van der Waals surface area contributed by atoms with Gasteiger partial charge in [0.1, 0.15) is 0 Å². The maximum Gasteiger partial charge on any atom is 0.323 e. The first kappa shape index (κ1) is 15.8. The quantitative estimate of drug-likeness (QED) is 0.613. The van der Waals surface area contributed by atoms with Gasteiger partial charge in [-0.25, -0.2) is 4.79 Å². The largest absolute Gasteiger partial charge is 0.382 e. The standard InChI is InChI=1S/C15H23N3O3/c1-11(16-6-3-7-21-9-8-20-2)12-4-5-13-14(10-12)18-15(19)17-13/h4-5,10-11,16H,3,6-9H2,1-2H3,(H2,17,18,19). The molecule has 116 valence electrons. The molecule has 1 unspecified atom stereocenters. The van der Waals surface area contributed by atoms with Crippen molar-refractivity contribution in [1.82, 2.24) is 15.3 Å². The Morgan fingerprint density at radius 3 is 2.81 bits per heavy atom. The number of ether oxygens (including phenoxy) is 2. The molecule has 0 bridgehead atoms. The van der Waals surface area contributed by atoms with Crippen molar-refractivity contribution in [1.29, 1.82) is 0 Å². The lowest BCUT2D eigenvalue weighted by Gasteiger charge is -2.14. The highest BCUT2D eigenvalue weighted by Crippen LogP contribution is 2.16. The second kappa shape index (κ2) is 7.97. The Bertz CT molecular complexity index is 605. The highest BCUT2D eigenvalue weighted by atomic mass is 16.5. The van der Waals surface area contributed by atoms with Crippen molar-refractivity contribution < 1.29 is 9.47 Å². The van der Waals surface area contributed by atoms with Crippen LogP contribution in [-0.4, -0.2) is 43.4 Å². The summed E-state index contributed by atoms with van der Waals surface area (Å²) >= 11 is 0. The summed E-state index contributed by atoms with van der Waals surface area (Å²) in [5.74, 6) is 0. The van der Waals surface area contributed by atoms with Crippen LogP contribution in [0.4, 0.5) is 0 Å². The molecule has 6 nitrogen and oxygen atoms in total. The summed E-state index contributed by atoms with van der Waals surface area (Å²) in [6, 6.07) is 6.18. The maximum absolute atomic E-state index is 11.2. The second-order valence-corrected chi connectivity index (χ2v) is 5.02. The minimum atomic E-state index is -0.170. The zero-order valence-electron chi connectivity index (χ0n) is 12.6. The Morgan fingerprint density at radius 2 is 2.00 bits per heavy atom. The van der Waals surface area contributed by atoms with Crippen molar-refractivity contribution in [2.24, 2.45) is 0 Å². The molecule has 0 fully saturated rings. The molecule has 1 aromatic heterocycles. The number of methoxy groups -OCH3 is 1. The Hall–Kier alpha value is -1.63. The van der Waals surface area contributed by atoms with E-state index in [-0.39, 0.29) is 11.7 Å². The molecule has 6 heteroatoms. The lowest BCUT2D eigenvalue weighted by atomic mass is 10.1. The highest BCUT2D eigenvalue weighted by molar-refractivity contribution is 5.75. The van der Waals surface area contributed by atoms with Gasteiger partial charge in [0.25, 0.3) is 0 Å². The number of rotatable bonds is 9. The van der Waals surface area contributed by atoms with E-state index in [0.717, 1.165) is 36.2 Å². The van der Waals surface area contributed by atoms with Gasteiger partial charge in [-0.3, -0.25) is 0 Å². The molecule has 21 heavy (non-hydrogen) atoms. The number of fused-ring (bicyclic) bond motifs is 1. The van der Waals surface area contributed by atoms with Gasteiger partial charge in [-0.2, -0.15) is 0 Å². The second-order valence-electron chi connectivity index (χ2n) is 5.02. The lowest BCUT2D eigenvalue weighted by Crippen LogP contribution is -2.21. The van der Waals surface area contributed by atoms with Crippen molar-refractivity contribution in [3.05, 3.63) is 34.2 Å². The molecule has 3 N–H and O–H groups in total. The molecule has 1 atom stereocenters. The van der Waals surface area contributed by atoms with E-state index in [9.17, 15) is 4.79 Å². The van der Waals surface area contributed by atoms with E-state index in [2.05, 4.69) is 22.2 Å². The molecule has 0 saturated heterocycles. The number of imidazole rings is 1. The van der Waals surface area contributed by atoms with E-state index in [1.54, 1.807) is 7.11 Å². The molecular formula is C15H23N3O3. The van der Waals surface area contributed by atoms with Gasteiger partial charge >= 0.3 is 5.69 Å². The molecular weight excluding hydrogens is 270 g/mol. The summed E-state index contributed by atoms with van der Waals surface area (Å²) in [4.78, 5) is 16.8. The maximum atomic E-state index is 11.2. The monoisotopic (exact) mass is 293 g/mol. The fraction of sp³-hybridized carbons (Fsp3) is 0.533. The van der Waals surface area contributed by atoms with Crippen molar-refractivity contribution in [3.8, 4) is 0 Å². The van der Waals surface area contributed by atoms with Crippen LogP contribution in [0.15, 0.2) is 23.0 Å². The van der Waals surface area contributed by atoms with E-state index in [1.165, 1.54) is 0 Å².